The highest BCUT2D eigenvalue weighted by atomic mass is 16.5. The Morgan fingerprint density at radius 1 is 1.16 bits per heavy atom. The smallest absolute Gasteiger partial charge is 0.307 e. The molecule has 0 fully saturated rings. The molecule has 104 valence electrons. The number of ether oxygens (including phenoxy) is 1. The van der Waals surface area contributed by atoms with E-state index in [0.717, 1.165) is 24.0 Å². The third kappa shape index (κ3) is 6.60. The second-order valence-corrected chi connectivity index (χ2v) is 4.46. The summed E-state index contributed by atoms with van der Waals surface area (Å²) in [5.74, 6) is -1.02. The van der Waals surface area contributed by atoms with Gasteiger partial charge in [0.25, 0.3) is 0 Å². The highest BCUT2D eigenvalue weighted by Crippen LogP contribution is 2.08. The van der Waals surface area contributed by atoms with Crippen molar-refractivity contribution in [2.24, 2.45) is 0 Å². The minimum absolute atomic E-state index is 0.0271. The number of hydrogen-bond donors (Lipinski definition) is 1. The molecule has 0 aromatic heterocycles. The standard InChI is InChI=1S/C15H20O4/c1-2-3-10-19-15(18)9-8-12-4-6-13(7-5-12)11-14(16)17/h4-7H,2-3,8-11H2,1H3,(H,16,17). The summed E-state index contributed by atoms with van der Waals surface area (Å²) in [5, 5.41) is 8.65. The van der Waals surface area contributed by atoms with Gasteiger partial charge >= 0.3 is 11.9 Å². The third-order valence-corrected chi connectivity index (χ3v) is 2.76. The molecule has 0 saturated heterocycles. The molecule has 1 aromatic carbocycles. The predicted molar refractivity (Wildman–Crippen MR) is 72.0 cm³/mol. The number of aryl methyl sites for hydroxylation is 1. The molecule has 1 N–H and O–H groups in total. The Morgan fingerprint density at radius 2 is 1.79 bits per heavy atom. The highest BCUT2D eigenvalue weighted by Gasteiger charge is 2.04. The van der Waals surface area contributed by atoms with Crippen LogP contribution in [0, 0.1) is 0 Å². The van der Waals surface area contributed by atoms with E-state index in [1.165, 1.54) is 0 Å². The van der Waals surface area contributed by atoms with Crippen molar-refractivity contribution in [3.63, 3.8) is 0 Å². The first kappa shape index (κ1) is 15.2. The van der Waals surface area contributed by atoms with Crippen LogP contribution < -0.4 is 0 Å². The lowest BCUT2D eigenvalue weighted by molar-refractivity contribution is -0.143. The van der Waals surface area contributed by atoms with E-state index in [0.29, 0.717) is 19.4 Å². The fourth-order valence-corrected chi connectivity index (χ4v) is 1.65. The number of carboxylic acid groups (broad SMARTS) is 1. The number of carboxylic acids is 1. The number of carbonyl (C=O) groups excluding carboxylic acids is 1. The maximum atomic E-state index is 11.4. The van der Waals surface area contributed by atoms with Gasteiger partial charge in [0.05, 0.1) is 13.0 Å². The Hall–Kier alpha value is -1.84. The number of unbranched alkanes of at least 4 members (excludes halogenated alkanes) is 1. The summed E-state index contributed by atoms with van der Waals surface area (Å²) in [6.45, 7) is 2.54. The van der Waals surface area contributed by atoms with Gasteiger partial charge in [0.2, 0.25) is 0 Å². The summed E-state index contributed by atoms with van der Waals surface area (Å²) < 4.78 is 5.06. The molecule has 0 unspecified atom stereocenters. The zero-order chi connectivity index (χ0) is 14.1. The summed E-state index contributed by atoms with van der Waals surface area (Å²) >= 11 is 0. The van der Waals surface area contributed by atoms with Gasteiger partial charge in [0.1, 0.15) is 0 Å². The molecule has 0 amide bonds. The molecule has 4 heteroatoms. The molecule has 0 aliphatic rings. The van der Waals surface area contributed by atoms with Crippen LogP contribution in [0.2, 0.25) is 0 Å². The minimum atomic E-state index is -0.841. The van der Waals surface area contributed by atoms with E-state index in [2.05, 4.69) is 0 Å². The largest absolute Gasteiger partial charge is 0.481 e. The van der Waals surface area contributed by atoms with E-state index in [9.17, 15) is 9.59 Å². The van der Waals surface area contributed by atoms with Gasteiger partial charge < -0.3 is 9.84 Å². The van der Waals surface area contributed by atoms with E-state index >= 15 is 0 Å². The van der Waals surface area contributed by atoms with Gasteiger partial charge in [-0.2, -0.15) is 0 Å². The van der Waals surface area contributed by atoms with Crippen LogP contribution >= 0.6 is 0 Å². The Labute approximate surface area is 113 Å². The first-order valence-corrected chi connectivity index (χ1v) is 6.57. The zero-order valence-electron chi connectivity index (χ0n) is 11.2. The van der Waals surface area contributed by atoms with Gasteiger partial charge in [0, 0.05) is 6.42 Å². The Kier molecular flexibility index (Phi) is 6.64. The first-order chi connectivity index (χ1) is 9.11. The summed E-state index contributed by atoms with van der Waals surface area (Å²) in [6, 6.07) is 7.28. The van der Waals surface area contributed by atoms with Crippen LogP contribution in [-0.2, 0) is 27.2 Å². The fourth-order valence-electron chi connectivity index (χ4n) is 1.65. The van der Waals surface area contributed by atoms with Gasteiger partial charge in [0.15, 0.2) is 0 Å². The quantitative estimate of drug-likeness (QED) is 0.579. The van der Waals surface area contributed by atoms with Crippen molar-refractivity contribution in [1.82, 2.24) is 0 Å². The number of esters is 1. The summed E-state index contributed by atoms with van der Waals surface area (Å²) in [4.78, 5) is 21.9. The van der Waals surface area contributed by atoms with Gasteiger partial charge in [-0.25, -0.2) is 0 Å². The molecule has 0 saturated carbocycles. The van der Waals surface area contributed by atoms with Gasteiger partial charge in [-0.1, -0.05) is 37.6 Å². The molecule has 1 rings (SSSR count). The molecule has 0 aliphatic carbocycles. The SMILES string of the molecule is CCCCOC(=O)CCc1ccc(CC(=O)O)cc1. The first-order valence-electron chi connectivity index (χ1n) is 6.57. The molecule has 0 spiro atoms. The van der Waals surface area contributed by atoms with Crippen LogP contribution in [0.15, 0.2) is 24.3 Å². The molecule has 1 aromatic rings. The highest BCUT2D eigenvalue weighted by molar-refractivity contribution is 5.70. The second kappa shape index (κ2) is 8.29. The van der Waals surface area contributed by atoms with Gasteiger partial charge in [-0.15, -0.1) is 0 Å². The zero-order valence-corrected chi connectivity index (χ0v) is 11.2. The number of carbonyl (C=O) groups is 2. The van der Waals surface area contributed by atoms with E-state index in [4.69, 9.17) is 9.84 Å². The Morgan fingerprint density at radius 3 is 2.37 bits per heavy atom. The van der Waals surface area contributed by atoms with Gasteiger partial charge in [-0.3, -0.25) is 9.59 Å². The third-order valence-electron chi connectivity index (χ3n) is 2.76. The number of hydrogen-bond acceptors (Lipinski definition) is 3. The lowest BCUT2D eigenvalue weighted by Gasteiger charge is -2.04. The van der Waals surface area contributed by atoms with Crippen molar-refractivity contribution in [2.45, 2.75) is 39.0 Å². The molecule has 0 radical (unpaired) electrons. The van der Waals surface area contributed by atoms with Crippen molar-refractivity contribution in [3.05, 3.63) is 35.4 Å². The average Bonchev–Trinajstić information content (AvgIpc) is 2.37. The predicted octanol–water partition coefficient (Wildman–Crippen LogP) is 2.59. The van der Waals surface area contributed by atoms with Crippen LogP contribution in [-0.4, -0.2) is 23.7 Å². The van der Waals surface area contributed by atoms with Crippen molar-refractivity contribution >= 4 is 11.9 Å². The second-order valence-electron chi connectivity index (χ2n) is 4.46. The Bertz CT molecular complexity index is 409. The van der Waals surface area contributed by atoms with E-state index in [1.54, 1.807) is 12.1 Å². The molecule has 0 aliphatic heterocycles. The van der Waals surface area contributed by atoms with Crippen molar-refractivity contribution in [2.75, 3.05) is 6.61 Å². The molecule has 4 nitrogen and oxygen atoms in total. The number of benzene rings is 1. The lowest BCUT2D eigenvalue weighted by atomic mass is 10.1. The summed E-state index contributed by atoms with van der Waals surface area (Å²) in [6.07, 6.45) is 2.92. The van der Waals surface area contributed by atoms with Crippen molar-refractivity contribution in [1.29, 1.82) is 0 Å². The normalized spacial score (nSPS) is 10.2. The van der Waals surface area contributed by atoms with Crippen LogP contribution in [0.25, 0.3) is 0 Å². The van der Waals surface area contributed by atoms with Crippen molar-refractivity contribution < 1.29 is 19.4 Å². The minimum Gasteiger partial charge on any atom is -0.481 e. The maximum Gasteiger partial charge on any atom is 0.307 e. The van der Waals surface area contributed by atoms with Crippen LogP contribution in [0.4, 0.5) is 0 Å². The topological polar surface area (TPSA) is 63.6 Å². The van der Waals surface area contributed by atoms with Crippen LogP contribution in [0.1, 0.15) is 37.3 Å². The van der Waals surface area contributed by atoms with Gasteiger partial charge in [-0.05, 0) is 24.0 Å². The monoisotopic (exact) mass is 264 g/mol. The van der Waals surface area contributed by atoms with Crippen LogP contribution in [0.3, 0.4) is 0 Å². The molecular formula is C15H20O4. The molecular weight excluding hydrogens is 244 g/mol. The van der Waals surface area contributed by atoms with E-state index in [1.807, 2.05) is 19.1 Å². The Balaban J connectivity index is 2.33. The van der Waals surface area contributed by atoms with Crippen LogP contribution in [0.5, 0.6) is 0 Å². The number of aliphatic carboxylic acids is 1. The lowest BCUT2D eigenvalue weighted by Crippen LogP contribution is -2.07. The molecule has 0 heterocycles. The fraction of sp³-hybridized carbons (Fsp3) is 0.467. The molecule has 0 atom stereocenters. The maximum absolute atomic E-state index is 11.4. The molecule has 0 bridgehead atoms. The summed E-state index contributed by atoms with van der Waals surface area (Å²) in [7, 11) is 0. The molecule has 19 heavy (non-hydrogen) atoms. The van der Waals surface area contributed by atoms with E-state index in [-0.39, 0.29) is 12.4 Å². The summed E-state index contributed by atoms with van der Waals surface area (Å²) in [5.41, 5.74) is 1.78. The average molecular weight is 264 g/mol. The van der Waals surface area contributed by atoms with E-state index < -0.39 is 5.97 Å². The number of rotatable bonds is 8. The van der Waals surface area contributed by atoms with Crippen molar-refractivity contribution in [3.8, 4) is 0 Å².